The van der Waals surface area contributed by atoms with E-state index in [0.29, 0.717) is 16.9 Å². The molecule has 0 aliphatic heterocycles. The second-order valence-electron chi connectivity index (χ2n) is 6.26. The van der Waals surface area contributed by atoms with E-state index >= 15 is 0 Å². The summed E-state index contributed by atoms with van der Waals surface area (Å²) in [4.78, 5) is 22.3. The standard InChI is InChI=1S/C15H24N2O2/c1-15(2,3)9-8-11-4-6-12(7-5-11)14(19)17-10-13(16)18/h4,6-7,11H,5,8-10H2,1-3H3,(H2,16,18)(H,17,19). The zero-order valence-corrected chi connectivity index (χ0v) is 12.0. The van der Waals surface area contributed by atoms with Gasteiger partial charge in [-0.25, -0.2) is 0 Å². The minimum Gasteiger partial charge on any atom is -0.368 e. The zero-order valence-electron chi connectivity index (χ0n) is 12.0. The summed E-state index contributed by atoms with van der Waals surface area (Å²) in [5, 5.41) is 2.49. The van der Waals surface area contributed by atoms with Crippen molar-refractivity contribution in [3.8, 4) is 0 Å². The van der Waals surface area contributed by atoms with Crippen LogP contribution < -0.4 is 11.1 Å². The second-order valence-corrected chi connectivity index (χ2v) is 6.26. The predicted octanol–water partition coefficient (Wildman–Crippen LogP) is 1.92. The fourth-order valence-electron chi connectivity index (χ4n) is 1.94. The monoisotopic (exact) mass is 264 g/mol. The molecule has 0 fully saturated rings. The Balaban J connectivity index is 2.40. The molecule has 0 spiro atoms. The van der Waals surface area contributed by atoms with Crippen LogP contribution in [0.3, 0.4) is 0 Å². The molecular weight excluding hydrogens is 240 g/mol. The van der Waals surface area contributed by atoms with E-state index < -0.39 is 5.91 Å². The number of primary amides is 1. The summed E-state index contributed by atoms with van der Waals surface area (Å²) in [5.41, 5.74) is 5.94. The van der Waals surface area contributed by atoms with Crippen molar-refractivity contribution < 1.29 is 9.59 Å². The fourth-order valence-corrected chi connectivity index (χ4v) is 1.94. The van der Waals surface area contributed by atoms with Crippen molar-refractivity contribution in [1.29, 1.82) is 0 Å². The Labute approximate surface area is 115 Å². The third-order valence-electron chi connectivity index (χ3n) is 3.14. The molecule has 106 valence electrons. The van der Waals surface area contributed by atoms with E-state index in [1.54, 1.807) is 0 Å². The maximum absolute atomic E-state index is 11.7. The van der Waals surface area contributed by atoms with Crippen LogP contribution in [0.2, 0.25) is 0 Å². The van der Waals surface area contributed by atoms with Gasteiger partial charge in [0, 0.05) is 5.57 Å². The number of hydrogen-bond acceptors (Lipinski definition) is 2. The average molecular weight is 264 g/mol. The van der Waals surface area contributed by atoms with E-state index in [9.17, 15) is 9.59 Å². The summed E-state index contributed by atoms with van der Waals surface area (Å²) >= 11 is 0. The number of allylic oxidation sites excluding steroid dienone is 2. The molecule has 0 saturated heterocycles. The molecule has 0 aromatic heterocycles. The molecule has 0 saturated carbocycles. The first-order valence-electron chi connectivity index (χ1n) is 6.73. The van der Waals surface area contributed by atoms with Crippen LogP contribution >= 0.6 is 0 Å². The Hall–Kier alpha value is -1.58. The predicted molar refractivity (Wildman–Crippen MR) is 76.2 cm³/mol. The number of hydrogen-bond donors (Lipinski definition) is 2. The van der Waals surface area contributed by atoms with Gasteiger partial charge in [-0.1, -0.05) is 39.0 Å². The van der Waals surface area contributed by atoms with Gasteiger partial charge >= 0.3 is 0 Å². The van der Waals surface area contributed by atoms with Crippen LogP contribution in [0.15, 0.2) is 23.8 Å². The highest BCUT2D eigenvalue weighted by atomic mass is 16.2. The second kappa shape index (κ2) is 6.55. The van der Waals surface area contributed by atoms with Crippen molar-refractivity contribution in [2.75, 3.05) is 6.54 Å². The van der Waals surface area contributed by atoms with Crippen LogP contribution in [0.5, 0.6) is 0 Å². The first-order valence-corrected chi connectivity index (χ1v) is 6.73. The van der Waals surface area contributed by atoms with Crippen LogP contribution in [0.1, 0.15) is 40.0 Å². The molecule has 0 aromatic carbocycles. The first kappa shape index (κ1) is 15.5. The minimum atomic E-state index is -0.531. The Morgan fingerprint density at radius 2 is 2.11 bits per heavy atom. The summed E-state index contributed by atoms with van der Waals surface area (Å²) in [6.45, 7) is 6.59. The highest BCUT2D eigenvalue weighted by Gasteiger charge is 2.17. The number of carbonyl (C=O) groups excluding carboxylic acids is 2. The molecule has 0 bridgehead atoms. The summed E-state index contributed by atoms with van der Waals surface area (Å²) in [6.07, 6.45) is 9.04. The molecule has 1 rings (SSSR count). The Morgan fingerprint density at radius 3 is 2.58 bits per heavy atom. The molecule has 1 aliphatic rings. The first-order chi connectivity index (χ1) is 8.78. The summed E-state index contributed by atoms with van der Waals surface area (Å²) in [6, 6.07) is 0. The highest BCUT2D eigenvalue weighted by molar-refractivity contribution is 5.98. The lowest BCUT2D eigenvalue weighted by Crippen LogP contribution is -2.34. The normalized spacial score (nSPS) is 18.9. The number of carbonyl (C=O) groups is 2. The SMILES string of the molecule is CC(C)(C)CCC1C=CC(C(=O)NCC(N)=O)=CC1. The van der Waals surface area contributed by atoms with Gasteiger partial charge in [-0.3, -0.25) is 9.59 Å². The van der Waals surface area contributed by atoms with Crippen molar-refractivity contribution >= 4 is 11.8 Å². The van der Waals surface area contributed by atoms with Gasteiger partial charge in [0.25, 0.3) is 5.91 Å². The Morgan fingerprint density at radius 1 is 1.42 bits per heavy atom. The van der Waals surface area contributed by atoms with Gasteiger partial charge in [0.05, 0.1) is 6.54 Å². The van der Waals surface area contributed by atoms with Crippen LogP contribution in [0.25, 0.3) is 0 Å². The highest BCUT2D eigenvalue weighted by Crippen LogP contribution is 2.28. The van der Waals surface area contributed by atoms with Crippen molar-refractivity contribution in [3.63, 3.8) is 0 Å². The molecular formula is C15H24N2O2. The van der Waals surface area contributed by atoms with E-state index in [4.69, 9.17) is 5.73 Å². The number of rotatable bonds is 5. The average Bonchev–Trinajstić information content (AvgIpc) is 2.33. The molecule has 0 radical (unpaired) electrons. The maximum atomic E-state index is 11.7. The van der Waals surface area contributed by atoms with Crippen LogP contribution in [-0.4, -0.2) is 18.4 Å². The maximum Gasteiger partial charge on any atom is 0.251 e. The minimum absolute atomic E-state index is 0.114. The smallest absolute Gasteiger partial charge is 0.251 e. The largest absolute Gasteiger partial charge is 0.368 e. The van der Waals surface area contributed by atoms with Crippen molar-refractivity contribution in [2.24, 2.45) is 17.1 Å². The van der Waals surface area contributed by atoms with Gasteiger partial charge < -0.3 is 11.1 Å². The van der Waals surface area contributed by atoms with E-state index in [1.165, 1.54) is 6.42 Å². The molecule has 2 amide bonds. The molecule has 4 nitrogen and oxygen atoms in total. The molecule has 19 heavy (non-hydrogen) atoms. The van der Waals surface area contributed by atoms with E-state index in [1.807, 2.05) is 12.2 Å². The van der Waals surface area contributed by atoms with Crippen molar-refractivity contribution in [3.05, 3.63) is 23.8 Å². The Bertz CT molecular complexity index is 403. The fraction of sp³-hybridized carbons (Fsp3) is 0.600. The van der Waals surface area contributed by atoms with E-state index in [-0.39, 0.29) is 12.5 Å². The van der Waals surface area contributed by atoms with Gasteiger partial charge in [-0.15, -0.1) is 0 Å². The third kappa shape index (κ3) is 6.22. The van der Waals surface area contributed by atoms with E-state index in [0.717, 1.165) is 12.8 Å². The molecule has 0 aromatic rings. The van der Waals surface area contributed by atoms with Gasteiger partial charge in [0.1, 0.15) is 0 Å². The van der Waals surface area contributed by atoms with Crippen LogP contribution in [0.4, 0.5) is 0 Å². The molecule has 1 atom stereocenters. The van der Waals surface area contributed by atoms with Crippen LogP contribution in [0, 0.1) is 11.3 Å². The van der Waals surface area contributed by atoms with Crippen molar-refractivity contribution in [1.82, 2.24) is 5.32 Å². The lowest BCUT2D eigenvalue weighted by Gasteiger charge is -2.22. The molecule has 1 aliphatic carbocycles. The van der Waals surface area contributed by atoms with Gasteiger partial charge in [0.15, 0.2) is 0 Å². The summed E-state index contributed by atoms with van der Waals surface area (Å²) in [7, 11) is 0. The van der Waals surface area contributed by atoms with Crippen LogP contribution in [-0.2, 0) is 9.59 Å². The molecule has 0 heterocycles. The number of amides is 2. The van der Waals surface area contributed by atoms with Gasteiger partial charge in [-0.2, -0.15) is 0 Å². The number of nitrogens with one attached hydrogen (secondary N) is 1. The molecule has 4 heteroatoms. The Kier molecular flexibility index (Phi) is 5.33. The summed E-state index contributed by atoms with van der Waals surface area (Å²) < 4.78 is 0. The van der Waals surface area contributed by atoms with Gasteiger partial charge in [0.2, 0.25) is 5.91 Å². The lowest BCUT2D eigenvalue weighted by molar-refractivity contribution is -0.122. The summed E-state index contributed by atoms with van der Waals surface area (Å²) in [5.74, 6) is -0.256. The molecule has 3 N–H and O–H groups in total. The lowest BCUT2D eigenvalue weighted by atomic mass is 9.84. The van der Waals surface area contributed by atoms with E-state index in [2.05, 4.69) is 32.2 Å². The molecule has 1 unspecified atom stereocenters. The van der Waals surface area contributed by atoms with Gasteiger partial charge in [-0.05, 0) is 30.6 Å². The number of nitrogens with two attached hydrogens (primary N) is 1. The van der Waals surface area contributed by atoms with Crippen molar-refractivity contribution in [2.45, 2.75) is 40.0 Å². The zero-order chi connectivity index (χ0) is 14.5. The third-order valence-corrected chi connectivity index (χ3v) is 3.14. The quantitative estimate of drug-likeness (QED) is 0.796. The topological polar surface area (TPSA) is 72.2 Å².